The first-order valence-corrected chi connectivity index (χ1v) is 12.0. The van der Waals surface area contributed by atoms with E-state index < -0.39 is 10.0 Å². The molecule has 3 atom stereocenters. The summed E-state index contributed by atoms with van der Waals surface area (Å²) in [7, 11) is -0.395. The van der Waals surface area contributed by atoms with E-state index in [0.29, 0.717) is 13.0 Å². The van der Waals surface area contributed by atoms with Gasteiger partial charge in [-0.2, -0.15) is 4.31 Å². The number of nitrogens with one attached hydrogen (secondary N) is 1. The number of methoxy groups -OCH3 is 1. The van der Waals surface area contributed by atoms with Crippen LogP contribution in [0.15, 0.2) is 60.0 Å². The summed E-state index contributed by atoms with van der Waals surface area (Å²) in [4.78, 5) is 4.10. The molecule has 5 rings (SSSR count). The summed E-state index contributed by atoms with van der Waals surface area (Å²) in [5.41, 5.74) is 3.73. The van der Waals surface area contributed by atoms with Gasteiger partial charge in [-0.05, 0) is 47.4 Å². The molecule has 32 heavy (non-hydrogen) atoms. The van der Waals surface area contributed by atoms with Crippen molar-refractivity contribution in [3.8, 4) is 16.9 Å². The summed E-state index contributed by atoms with van der Waals surface area (Å²) < 4.78 is 35.5. The van der Waals surface area contributed by atoms with E-state index in [0.717, 1.165) is 28.1 Å². The van der Waals surface area contributed by atoms with Crippen molar-refractivity contribution in [1.29, 1.82) is 0 Å². The molecule has 1 saturated heterocycles. The average Bonchev–Trinajstić information content (AvgIpc) is 3.46. The van der Waals surface area contributed by atoms with E-state index in [1.807, 2.05) is 36.4 Å². The van der Waals surface area contributed by atoms with E-state index in [4.69, 9.17) is 4.74 Å². The van der Waals surface area contributed by atoms with Gasteiger partial charge in [-0.15, -0.1) is 0 Å². The second-order valence-electron chi connectivity index (χ2n) is 8.36. The van der Waals surface area contributed by atoms with Crippen LogP contribution in [0.25, 0.3) is 11.1 Å². The molecule has 1 aromatic heterocycles. The van der Waals surface area contributed by atoms with Crippen LogP contribution in [-0.2, 0) is 17.1 Å². The molecule has 0 aliphatic carbocycles. The maximum absolute atomic E-state index is 13.5. The van der Waals surface area contributed by atoms with Gasteiger partial charge >= 0.3 is 0 Å². The third-order valence-electron chi connectivity index (χ3n) is 6.48. The fourth-order valence-electron chi connectivity index (χ4n) is 4.91. The van der Waals surface area contributed by atoms with Crippen molar-refractivity contribution in [2.45, 2.75) is 23.5 Å². The van der Waals surface area contributed by atoms with Crippen molar-refractivity contribution in [2.24, 2.45) is 13.0 Å². The molecule has 2 aliphatic heterocycles. The number of anilines is 1. The minimum Gasteiger partial charge on any atom is -0.497 e. The number of aryl methyl sites for hydroxylation is 1. The number of imidazole rings is 1. The zero-order valence-corrected chi connectivity index (χ0v) is 18.8. The number of aliphatic hydroxyl groups excluding tert-OH is 1. The first-order valence-electron chi connectivity index (χ1n) is 10.6. The monoisotopic (exact) mass is 454 g/mol. The molecule has 168 valence electrons. The van der Waals surface area contributed by atoms with E-state index in [1.165, 1.54) is 12.5 Å². The summed E-state index contributed by atoms with van der Waals surface area (Å²) >= 11 is 0. The first-order chi connectivity index (χ1) is 15.4. The van der Waals surface area contributed by atoms with E-state index in [-0.39, 0.29) is 29.6 Å². The van der Waals surface area contributed by atoms with Gasteiger partial charge in [0.15, 0.2) is 5.03 Å². The number of ether oxygens (including phenoxy) is 1. The van der Waals surface area contributed by atoms with Crippen molar-refractivity contribution >= 4 is 15.7 Å². The largest absolute Gasteiger partial charge is 0.497 e. The van der Waals surface area contributed by atoms with E-state index in [1.54, 1.807) is 23.0 Å². The Hall–Kier alpha value is -2.88. The van der Waals surface area contributed by atoms with Gasteiger partial charge in [-0.1, -0.05) is 18.2 Å². The van der Waals surface area contributed by atoms with Crippen LogP contribution in [0.3, 0.4) is 0 Å². The average molecular weight is 455 g/mol. The summed E-state index contributed by atoms with van der Waals surface area (Å²) in [5.74, 6) is 0.725. The zero-order valence-electron chi connectivity index (χ0n) is 18.0. The van der Waals surface area contributed by atoms with Crippen molar-refractivity contribution < 1.29 is 18.3 Å². The predicted octanol–water partition coefficient (Wildman–Crippen LogP) is 2.63. The molecule has 0 bridgehead atoms. The van der Waals surface area contributed by atoms with Crippen LogP contribution < -0.4 is 10.1 Å². The third kappa shape index (κ3) is 3.37. The number of nitrogens with zero attached hydrogens (tertiary/aromatic N) is 3. The number of sulfonamides is 1. The number of fused-ring (bicyclic) bond motifs is 3. The number of hydrogen-bond acceptors (Lipinski definition) is 6. The second kappa shape index (κ2) is 7.91. The van der Waals surface area contributed by atoms with Crippen LogP contribution in [0.1, 0.15) is 18.0 Å². The van der Waals surface area contributed by atoms with Gasteiger partial charge in [-0.25, -0.2) is 13.4 Å². The Balaban J connectivity index is 1.61. The molecule has 9 heteroatoms. The predicted molar refractivity (Wildman–Crippen MR) is 121 cm³/mol. The van der Waals surface area contributed by atoms with E-state index >= 15 is 0 Å². The lowest BCUT2D eigenvalue weighted by Crippen LogP contribution is -2.42. The molecule has 0 spiro atoms. The van der Waals surface area contributed by atoms with Gasteiger partial charge in [-0.3, -0.25) is 0 Å². The van der Waals surface area contributed by atoms with Gasteiger partial charge in [0.1, 0.15) is 5.75 Å². The second-order valence-corrected chi connectivity index (χ2v) is 10.2. The molecule has 2 aliphatic rings. The lowest BCUT2D eigenvalue weighted by Gasteiger charge is -2.38. The van der Waals surface area contributed by atoms with E-state index in [9.17, 15) is 13.5 Å². The lowest BCUT2D eigenvalue weighted by molar-refractivity contribution is 0.210. The fraction of sp³-hybridized carbons (Fsp3) is 0.348. The molecule has 0 unspecified atom stereocenters. The zero-order chi connectivity index (χ0) is 22.5. The van der Waals surface area contributed by atoms with Crippen molar-refractivity contribution in [1.82, 2.24) is 13.9 Å². The van der Waals surface area contributed by atoms with Crippen LogP contribution >= 0.6 is 0 Å². The number of rotatable bonds is 5. The van der Waals surface area contributed by atoms with Crippen LogP contribution in [0, 0.1) is 5.92 Å². The minimum atomic E-state index is -3.78. The van der Waals surface area contributed by atoms with Crippen LogP contribution in [0.5, 0.6) is 5.75 Å². The quantitative estimate of drug-likeness (QED) is 0.615. The van der Waals surface area contributed by atoms with Crippen molar-refractivity contribution in [3.63, 3.8) is 0 Å². The summed E-state index contributed by atoms with van der Waals surface area (Å²) in [6.45, 7) is 0.324. The highest BCUT2D eigenvalue weighted by Crippen LogP contribution is 2.49. The van der Waals surface area contributed by atoms with Gasteiger partial charge in [0.2, 0.25) is 0 Å². The highest BCUT2D eigenvalue weighted by molar-refractivity contribution is 7.89. The Bertz CT molecular complexity index is 1260. The van der Waals surface area contributed by atoms with Crippen LogP contribution in [0.4, 0.5) is 5.69 Å². The minimum absolute atomic E-state index is 0.0356. The molecule has 2 aromatic carbocycles. The summed E-state index contributed by atoms with van der Waals surface area (Å²) in [6, 6.07) is 13.2. The summed E-state index contributed by atoms with van der Waals surface area (Å²) in [6.07, 6.45) is 3.69. The standard InChI is InChI=1S/C23H26N4O4S/c1-26-12-22(24-14-26)32(29,30)27-9-8-18-21(13-28)25-20-7-6-16(11-19(20)23(18)27)15-4-3-5-17(10-15)31-2/h3-7,10-12,14,18,21,23,25,28H,8-9,13H2,1-2H3/t18-,21-,23-/m1/s1. The van der Waals surface area contributed by atoms with Crippen LogP contribution in [0.2, 0.25) is 0 Å². The van der Waals surface area contributed by atoms with Crippen molar-refractivity contribution in [2.75, 3.05) is 25.6 Å². The Labute approximate surface area is 187 Å². The molecule has 0 amide bonds. The molecule has 8 nitrogen and oxygen atoms in total. The maximum Gasteiger partial charge on any atom is 0.262 e. The SMILES string of the molecule is COc1cccc(-c2ccc3c(c2)[C@H]2[C@H](CCN2S(=O)(=O)c2cn(C)cn2)[C@@H](CO)N3)c1. The van der Waals surface area contributed by atoms with Crippen LogP contribution in [-0.4, -0.2) is 53.7 Å². The number of hydrogen-bond donors (Lipinski definition) is 2. The topological polar surface area (TPSA) is 96.7 Å². The molecule has 0 saturated carbocycles. The van der Waals surface area contributed by atoms with Gasteiger partial charge in [0, 0.05) is 31.4 Å². The Morgan fingerprint density at radius 2 is 2.03 bits per heavy atom. The highest BCUT2D eigenvalue weighted by Gasteiger charge is 2.49. The Morgan fingerprint density at radius 1 is 1.22 bits per heavy atom. The maximum atomic E-state index is 13.5. The summed E-state index contributed by atoms with van der Waals surface area (Å²) in [5, 5.41) is 13.5. The number of benzene rings is 2. The first kappa shape index (κ1) is 21.0. The Morgan fingerprint density at radius 3 is 2.75 bits per heavy atom. The van der Waals surface area contributed by atoms with Crippen molar-refractivity contribution in [3.05, 3.63) is 60.6 Å². The molecular weight excluding hydrogens is 428 g/mol. The third-order valence-corrected chi connectivity index (χ3v) is 8.25. The molecule has 0 radical (unpaired) electrons. The highest BCUT2D eigenvalue weighted by atomic mass is 32.2. The molecule has 1 fully saturated rings. The van der Waals surface area contributed by atoms with Gasteiger partial charge < -0.3 is 19.7 Å². The Kier molecular flexibility index (Phi) is 5.19. The van der Waals surface area contributed by atoms with Gasteiger partial charge in [0.25, 0.3) is 10.0 Å². The smallest absolute Gasteiger partial charge is 0.262 e. The van der Waals surface area contributed by atoms with Gasteiger partial charge in [0.05, 0.1) is 32.1 Å². The fourth-order valence-corrected chi connectivity index (χ4v) is 6.55. The lowest BCUT2D eigenvalue weighted by atomic mass is 9.82. The molecular formula is C23H26N4O4S. The molecule has 3 aromatic rings. The molecule has 3 heterocycles. The number of aliphatic hydroxyl groups is 1. The number of aromatic nitrogens is 2. The molecule has 2 N–H and O–H groups in total. The van der Waals surface area contributed by atoms with E-state index in [2.05, 4.69) is 16.4 Å². The normalized spacial score (nSPS) is 22.8.